The van der Waals surface area contributed by atoms with Crippen molar-refractivity contribution in [2.45, 2.75) is 44.6 Å². The van der Waals surface area contributed by atoms with E-state index < -0.39 is 28.8 Å². The standard InChI is InChI=1S/C29H29F4N3O3/c1-28(2,38)21-10-6-11-22(30)25(21)34-15-14-19(17-34)36-23-12-7-13-24(39-3)26(23)35(27(36)37)16-18-8-4-5-9-20(18)29(31,32)33/h4-13,19,38H,14-17H2,1-3H3. The summed E-state index contributed by atoms with van der Waals surface area (Å²) >= 11 is 0. The normalized spacial score (nSPS) is 16.3. The average Bonchev–Trinajstić information content (AvgIpc) is 3.45. The van der Waals surface area contributed by atoms with Gasteiger partial charge in [-0.25, -0.2) is 9.18 Å². The van der Waals surface area contributed by atoms with E-state index in [9.17, 15) is 23.1 Å². The minimum absolute atomic E-state index is 0.0359. The third kappa shape index (κ3) is 4.78. The topological polar surface area (TPSA) is 59.6 Å². The summed E-state index contributed by atoms with van der Waals surface area (Å²) < 4.78 is 64.7. The van der Waals surface area contributed by atoms with Crippen LogP contribution >= 0.6 is 0 Å². The number of methoxy groups -OCH3 is 1. The lowest BCUT2D eigenvalue weighted by molar-refractivity contribution is -0.138. The number of hydrogen-bond acceptors (Lipinski definition) is 4. The number of aliphatic hydroxyl groups is 1. The third-order valence-corrected chi connectivity index (χ3v) is 7.31. The summed E-state index contributed by atoms with van der Waals surface area (Å²) in [5.41, 5.74) is -0.985. The summed E-state index contributed by atoms with van der Waals surface area (Å²) in [5.74, 6) is -0.114. The number of aromatic nitrogens is 2. The molecule has 1 aromatic heterocycles. The fourth-order valence-electron chi connectivity index (χ4n) is 5.56. The molecule has 1 unspecified atom stereocenters. The maximum atomic E-state index is 15.0. The molecule has 6 nitrogen and oxygen atoms in total. The van der Waals surface area contributed by atoms with Crippen molar-refractivity contribution in [3.05, 3.63) is 93.7 Å². The van der Waals surface area contributed by atoms with Gasteiger partial charge in [0.1, 0.15) is 17.1 Å². The Morgan fingerprint density at radius 3 is 2.38 bits per heavy atom. The first-order valence-corrected chi connectivity index (χ1v) is 12.6. The second-order valence-corrected chi connectivity index (χ2v) is 10.3. The van der Waals surface area contributed by atoms with Crippen molar-refractivity contribution in [2.24, 2.45) is 0 Å². The minimum Gasteiger partial charge on any atom is -0.494 e. The number of nitrogens with zero attached hydrogens (tertiary/aromatic N) is 3. The Morgan fingerprint density at radius 1 is 1.00 bits per heavy atom. The lowest BCUT2D eigenvalue weighted by Gasteiger charge is -2.28. The minimum atomic E-state index is -4.58. The molecule has 0 radical (unpaired) electrons. The number of halogens is 4. The van der Waals surface area contributed by atoms with E-state index in [1.807, 2.05) is 4.90 Å². The molecular weight excluding hydrogens is 514 g/mol. The molecule has 4 aromatic rings. The predicted molar refractivity (Wildman–Crippen MR) is 141 cm³/mol. The van der Waals surface area contributed by atoms with Gasteiger partial charge in [-0.2, -0.15) is 13.2 Å². The van der Waals surface area contributed by atoms with Gasteiger partial charge in [-0.15, -0.1) is 0 Å². The molecule has 0 aliphatic carbocycles. The molecule has 1 atom stereocenters. The molecule has 39 heavy (non-hydrogen) atoms. The summed E-state index contributed by atoms with van der Waals surface area (Å²) in [6.45, 7) is 3.57. The zero-order valence-corrected chi connectivity index (χ0v) is 21.8. The van der Waals surface area contributed by atoms with Crippen LogP contribution in [0.15, 0.2) is 65.5 Å². The number of alkyl halides is 3. The third-order valence-electron chi connectivity index (χ3n) is 7.31. The lowest BCUT2D eigenvalue weighted by atomic mass is 9.95. The van der Waals surface area contributed by atoms with Crippen LogP contribution in [0.25, 0.3) is 11.0 Å². The number of hydrogen-bond donors (Lipinski definition) is 1. The van der Waals surface area contributed by atoms with Gasteiger partial charge < -0.3 is 14.7 Å². The van der Waals surface area contributed by atoms with Crippen molar-refractivity contribution >= 4 is 16.7 Å². The summed E-state index contributed by atoms with van der Waals surface area (Å²) in [7, 11) is 1.44. The van der Waals surface area contributed by atoms with Crippen LogP contribution in [0.1, 0.15) is 43.0 Å². The number of rotatable bonds is 6. The van der Waals surface area contributed by atoms with Crippen LogP contribution < -0.4 is 15.3 Å². The molecule has 1 aliphatic heterocycles. The van der Waals surface area contributed by atoms with Crippen LogP contribution in [-0.4, -0.2) is 34.4 Å². The number of para-hydroxylation sites is 2. The van der Waals surface area contributed by atoms with Gasteiger partial charge in [-0.1, -0.05) is 36.4 Å². The fraction of sp³-hybridized carbons (Fsp3) is 0.345. The monoisotopic (exact) mass is 543 g/mol. The quantitative estimate of drug-likeness (QED) is 0.317. The van der Waals surface area contributed by atoms with E-state index in [1.54, 1.807) is 48.7 Å². The number of fused-ring (bicyclic) bond motifs is 1. The molecule has 1 aliphatic rings. The maximum Gasteiger partial charge on any atom is 0.416 e. The van der Waals surface area contributed by atoms with Gasteiger partial charge in [-0.3, -0.25) is 9.13 Å². The fourth-order valence-corrected chi connectivity index (χ4v) is 5.56. The number of benzene rings is 3. The summed E-state index contributed by atoms with van der Waals surface area (Å²) in [5, 5.41) is 10.7. The Bertz CT molecular complexity index is 1580. The van der Waals surface area contributed by atoms with Crippen LogP contribution in [-0.2, 0) is 18.3 Å². The molecule has 0 amide bonds. The first-order valence-electron chi connectivity index (χ1n) is 12.6. The highest BCUT2D eigenvalue weighted by molar-refractivity contribution is 5.83. The summed E-state index contributed by atoms with van der Waals surface area (Å²) in [6, 6.07) is 14.5. The van der Waals surface area contributed by atoms with Crippen molar-refractivity contribution in [1.29, 1.82) is 0 Å². The molecular formula is C29H29F4N3O3. The van der Waals surface area contributed by atoms with Gasteiger partial charge in [0.2, 0.25) is 0 Å². The zero-order valence-electron chi connectivity index (χ0n) is 21.8. The Labute approximate surface area is 222 Å². The van der Waals surface area contributed by atoms with Gasteiger partial charge in [0.25, 0.3) is 0 Å². The SMILES string of the molecule is COc1cccc2c1n(Cc1ccccc1C(F)(F)F)c(=O)n2C1CCN(c2c(F)cccc2C(C)(C)O)C1. The average molecular weight is 544 g/mol. The number of imidazole rings is 1. The van der Waals surface area contributed by atoms with Gasteiger partial charge in [0, 0.05) is 18.7 Å². The van der Waals surface area contributed by atoms with Crippen molar-refractivity contribution in [2.75, 3.05) is 25.1 Å². The van der Waals surface area contributed by atoms with E-state index in [0.717, 1.165) is 6.07 Å². The lowest BCUT2D eigenvalue weighted by Crippen LogP contribution is -2.31. The highest BCUT2D eigenvalue weighted by Crippen LogP contribution is 2.38. The molecule has 0 bridgehead atoms. The van der Waals surface area contributed by atoms with Crippen LogP contribution in [0.4, 0.5) is 23.2 Å². The first kappa shape index (κ1) is 26.8. The van der Waals surface area contributed by atoms with E-state index in [0.29, 0.717) is 35.3 Å². The molecule has 206 valence electrons. The summed E-state index contributed by atoms with van der Waals surface area (Å²) in [6.07, 6.45) is -4.08. The van der Waals surface area contributed by atoms with Crippen LogP contribution in [0.5, 0.6) is 5.75 Å². The molecule has 1 N–H and O–H groups in total. The van der Waals surface area contributed by atoms with Crippen molar-refractivity contribution in [3.8, 4) is 5.75 Å². The molecule has 2 heterocycles. The van der Waals surface area contributed by atoms with Gasteiger partial charge in [-0.05, 0) is 50.1 Å². The van der Waals surface area contributed by atoms with E-state index in [-0.39, 0.29) is 30.4 Å². The molecule has 1 saturated heterocycles. The molecule has 0 saturated carbocycles. The Morgan fingerprint density at radius 2 is 1.69 bits per heavy atom. The molecule has 3 aromatic carbocycles. The second-order valence-electron chi connectivity index (χ2n) is 10.3. The van der Waals surface area contributed by atoms with Crippen molar-refractivity contribution < 1.29 is 27.4 Å². The van der Waals surface area contributed by atoms with E-state index >= 15 is 4.39 Å². The number of ether oxygens (including phenoxy) is 1. The number of anilines is 1. The van der Waals surface area contributed by atoms with Crippen LogP contribution in [0, 0.1) is 5.82 Å². The largest absolute Gasteiger partial charge is 0.494 e. The Kier molecular flexibility index (Phi) is 6.70. The van der Waals surface area contributed by atoms with Gasteiger partial charge >= 0.3 is 11.9 Å². The zero-order chi connectivity index (χ0) is 28.1. The highest BCUT2D eigenvalue weighted by atomic mass is 19.4. The molecule has 0 spiro atoms. The van der Waals surface area contributed by atoms with Crippen molar-refractivity contribution in [1.82, 2.24) is 9.13 Å². The highest BCUT2D eigenvalue weighted by Gasteiger charge is 2.35. The Balaban J connectivity index is 1.61. The van der Waals surface area contributed by atoms with Crippen molar-refractivity contribution in [3.63, 3.8) is 0 Å². The smallest absolute Gasteiger partial charge is 0.416 e. The van der Waals surface area contributed by atoms with Crippen LogP contribution in [0.2, 0.25) is 0 Å². The second kappa shape index (κ2) is 9.75. The van der Waals surface area contributed by atoms with Gasteiger partial charge in [0.15, 0.2) is 0 Å². The molecule has 5 rings (SSSR count). The maximum absolute atomic E-state index is 15.0. The van der Waals surface area contributed by atoms with Crippen LogP contribution in [0.3, 0.4) is 0 Å². The predicted octanol–water partition coefficient (Wildman–Crippen LogP) is 5.70. The van der Waals surface area contributed by atoms with E-state index in [4.69, 9.17) is 4.74 Å². The van der Waals surface area contributed by atoms with Gasteiger partial charge in [0.05, 0.1) is 42.1 Å². The molecule has 1 fully saturated rings. The Hall–Kier alpha value is -3.79. The molecule has 10 heteroatoms. The first-order chi connectivity index (χ1) is 18.4. The van der Waals surface area contributed by atoms with E-state index in [2.05, 4.69) is 0 Å². The van der Waals surface area contributed by atoms with E-state index in [1.165, 1.54) is 35.9 Å². The summed E-state index contributed by atoms with van der Waals surface area (Å²) in [4.78, 5) is 15.7.